The number of carboxylic acids is 1. The molecule has 1 N–H and O–H groups in total. The Morgan fingerprint density at radius 3 is 2.94 bits per heavy atom. The minimum atomic E-state index is -0.881. The first kappa shape index (κ1) is 10.4. The largest absolute Gasteiger partial charge is 0.477 e. The van der Waals surface area contributed by atoms with Crippen LogP contribution in [0, 0.1) is 0 Å². The molecule has 3 unspecified atom stereocenters. The highest BCUT2D eigenvalue weighted by Crippen LogP contribution is 2.42. The molecule has 0 amide bonds. The van der Waals surface area contributed by atoms with Crippen molar-refractivity contribution in [3.8, 4) is 0 Å². The molecule has 0 spiro atoms. The van der Waals surface area contributed by atoms with Gasteiger partial charge >= 0.3 is 5.97 Å². The van der Waals surface area contributed by atoms with Gasteiger partial charge in [0.25, 0.3) is 0 Å². The lowest BCUT2D eigenvalue weighted by Crippen LogP contribution is -2.23. The molecule has 3 atom stereocenters. The molecule has 0 radical (unpaired) electrons. The first-order valence-electron chi connectivity index (χ1n) is 5.41. The second kappa shape index (κ2) is 3.60. The van der Waals surface area contributed by atoms with Crippen LogP contribution in [0.1, 0.15) is 35.8 Å². The normalized spacial score (nSPS) is 32.2. The van der Waals surface area contributed by atoms with Crippen LogP contribution < -0.4 is 0 Å². The van der Waals surface area contributed by atoms with Crippen LogP contribution in [0.2, 0.25) is 0 Å². The Morgan fingerprint density at radius 2 is 2.38 bits per heavy atom. The molecule has 3 heterocycles. The Labute approximate surface area is 101 Å². The van der Waals surface area contributed by atoms with Gasteiger partial charge in [0.2, 0.25) is 0 Å². The second-order valence-corrected chi connectivity index (χ2v) is 5.35. The summed E-state index contributed by atoms with van der Waals surface area (Å²) in [6.45, 7) is 0. The smallest absolute Gasteiger partial charge is 0.352 e. The van der Waals surface area contributed by atoms with E-state index < -0.39 is 5.97 Å². The topological polar surface area (TPSA) is 51.5 Å². The molecule has 0 aromatic carbocycles. The molecule has 1 aromatic rings. The standard InChI is InChI=1S/C11H12BrNO3/c12-6-3-9(11(14)15)13(5-6)8-4-7-1-2-10(8)16-7/h3,5,7-8,10H,1-2,4H2,(H,14,15). The van der Waals surface area contributed by atoms with Crippen molar-refractivity contribution in [2.45, 2.75) is 37.5 Å². The van der Waals surface area contributed by atoms with E-state index in [0.29, 0.717) is 11.8 Å². The summed E-state index contributed by atoms with van der Waals surface area (Å²) in [5.41, 5.74) is 0.341. The van der Waals surface area contributed by atoms with E-state index in [4.69, 9.17) is 9.84 Å². The number of hydrogen-bond donors (Lipinski definition) is 1. The van der Waals surface area contributed by atoms with Gasteiger partial charge in [-0.1, -0.05) is 0 Å². The summed E-state index contributed by atoms with van der Waals surface area (Å²) in [5.74, 6) is -0.881. The summed E-state index contributed by atoms with van der Waals surface area (Å²) < 4.78 is 8.41. The molecule has 0 aliphatic carbocycles. The van der Waals surface area contributed by atoms with Crippen molar-refractivity contribution in [2.24, 2.45) is 0 Å². The number of carbonyl (C=O) groups is 1. The zero-order valence-electron chi connectivity index (χ0n) is 8.60. The molecule has 2 saturated heterocycles. The summed E-state index contributed by atoms with van der Waals surface area (Å²) in [6, 6.07) is 1.84. The monoisotopic (exact) mass is 285 g/mol. The van der Waals surface area contributed by atoms with Crippen molar-refractivity contribution in [3.05, 3.63) is 22.4 Å². The Kier molecular flexibility index (Phi) is 2.33. The van der Waals surface area contributed by atoms with Crippen LogP contribution in [0.15, 0.2) is 16.7 Å². The molecule has 2 bridgehead atoms. The molecule has 1 aromatic heterocycles. The summed E-state index contributed by atoms with van der Waals surface area (Å²) in [7, 11) is 0. The molecular weight excluding hydrogens is 274 g/mol. The van der Waals surface area contributed by atoms with Crippen LogP contribution in [0.3, 0.4) is 0 Å². The van der Waals surface area contributed by atoms with Gasteiger partial charge < -0.3 is 14.4 Å². The number of ether oxygens (including phenoxy) is 1. The number of hydrogen-bond acceptors (Lipinski definition) is 2. The average Bonchev–Trinajstić information content (AvgIpc) is 2.89. The van der Waals surface area contributed by atoms with Crippen LogP contribution in [-0.2, 0) is 4.74 Å². The van der Waals surface area contributed by atoms with E-state index >= 15 is 0 Å². The quantitative estimate of drug-likeness (QED) is 0.908. The summed E-state index contributed by atoms with van der Waals surface area (Å²) in [4.78, 5) is 11.1. The predicted molar refractivity (Wildman–Crippen MR) is 60.6 cm³/mol. The van der Waals surface area contributed by atoms with Crippen molar-refractivity contribution >= 4 is 21.9 Å². The van der Waals surface area contributed by atoms with E-state index in [-0.39, 0.29) is 12.1 Å². The van der Waals surface area contributed by atoms with E-state index in [1.54, 1.807) is 6.07 Å². The van der Waals surface area contributed by atoms with E-state index in [1.165, 1.54) is 0 Å². The van der Waals surface area contributed by atoms with Gasteiger partial charge in [0, 0.05) is 10.7 Å². The van der Waals surface area contributed by atoms with E-state index in [9.17, 15) is 4.79 Å². The summed E-state index contributed by atoms with van der Waals surface area (Å²) in [5, 5.41) is 9.13. The number of halogens is 1. The number of carboxylic acid groups (broad SMARTS) is 1. The Morgan fingerprint density at radius 1 is 1.56 bits per heavy atom. The van der Waals surface area contributed by atoms with Crippen LogP contribution in [0.4, 0.5) is 0 Å². The third kappa shape index (κ3) is 1.50. The van der Waals surface area contributed by atoms with Crippen molar-refractivity contribution < 1.29 is 14.6 Å². The van der Waals surface area contributed by atoms with Gasteiger partial charge in [-0.3, -0.25) is 0 Å². The fourth-order valence-corrected chi connectivity index (χ4v) is 3.23. The molecule has 86 valence electrons. The first-order chi connectivity index (χ1) is 7.65. The Hall–Kier alpha value is -0.810. The average molecular weight is 286 g/mol. The highest BCUT2D eigenvalue weighted by Gasteiger charge is 2.42. The third-order valence-corrected chi connectivity index (χ3v) is 3.90. The molecule has 5 heteroatoms. The maximum absolute atomic E-state index is 11.1. The minimum Gasteiger partial charge on any atom is -0.477 e. The number of aromatic carboxylic acids is 1. The summed E-state index contributed by atoms with van der Waals surface area (Å²) in [6.07, 6.45) is 5.47. The van der Waals surface area contributed by atoms with Gasteiger partial charge in [-0.05, 0) is 41.3 Å². The van der Waals surface area contributed by atoms with Crippen molar-refractivity contribution in [3.63, 3.8) is 0 Å². The van der Waals surface area contributed by atoms with Gasteiger partial charge in [-0.25, -0.2) is 4.79 Å². The molecule has 0 saturated carbocycles. The second-order valence-electron chi connectivity index (χ2n) is 4.43. The fraction of sp³-hybridized carbons (Fsp3) is 0.545. The van der Waals surface area contributed by atoms with Crippen LogP contribution in [0.25, 0.3) is 0 Å². The maximum Gasteiger partial charge on any atom is 0.352 e. The Bertz CT molecular complexity index is 442. The van der Waals surface area contributed by atoms with Crippen molar-refractivity contribution in [2.75, 3.05) is 0 Å². The van der Waals surface area contributed by atoms with Crippen LogP contribution in [-0.4, -0.2) is 27.9 Å². The molecular formula is C11H12BrNO3. The van der Waals surface area contributed by atoms with Gasteiger partial charge in [0.15, 0.2) is 0 Å². The highest BCUT2D eigenvalue weighted by molar-refractivity contribution is 9.10. The van der Waals surface area contributed by atoms with Gasteiger partial charge in [0.1, 0.15) is 5.69 Å². The predicted octanol–water partition coefficient (Wildman–Crippen LogP) is 2.44. The van der Waals surface area contributed by atoms with Crippen LogP contribution >= 0.6 is 15.9 Å². The first-order valence-corrected chi connectivity index (χ1v) is 6.20. The van der Waals surface area contributed by atoms with E-state index in [2.05, 4.69) is 15.9 Å². The zero-order chi connectivity index (χ0) is 11.3. The van der Waals surface area contributed by atoms with Crippen LogP contribution in [0.5, 0.6) is 0 Å². The zero-order valence-corrected chi connectivity index (χ0v) is 10.2. The highest BCUT2D eigenvalue weighted by atomic mass is 79.9. The number of rotatable bonds is 2. The third-order valence-electron chi connectivity index (χ3n) is 3.47. The molecule has 2 aliphatic heterocycles. The lowest BCUT2D eigenvalue weighted by atomic mass is 9.95. The number of nitrogens with zero attached hydrogens (tertiary/aromatic N) is 1. The van der Waals surface area contributed by atoms with Crippen molar-refractivity contribution in [1.29, 1.82) is 0 Å². The van der Waals surface area contributed by atoms with Gasteiger partial charge in [-0.2, -0.15) is 0 Å². The maximum atomic E-state index is 11.1. The molecule has 16 heavy (non-hydrogen) atoms. The minimum absolute atomic E-state index is 0.191. The molecule has 3 rings (SSSR count). The lowest BCUT2D eigenvalue weighted by Gasteiger charge is -2.21. The van der Waals surface area contributed by atoms with E-state index in [1.807, 2.05) is 10.8 Å². The molecule has 4 nitrogen and oxygen atoms in total. The van der Waals surface area contributed by atoms with Gasteiger partial charge in [0.05, 0.1) is 18.2 Å². The molecule has 2 aliphatic rings. The Balaban J connectivity index is 1.97. The SMILES string of the molecule is O=C(O)c1cc(Br)cn1C1CC2CCC1O2. The number of fused-ring (bicyclic) bond motifs is 2. The fourth-order valence-electron chi connectivity index (χ4n) is 2.80. The van der Waals surface area contributed by atoms with Crippen molar-refractivity contribution in [1.82, 2.24) is 4.57 Å². The lowest BCUT2D eigenvalue weighted by molar-refractivity contribution is 0.0674. The van der Waals surface area contributed by atoms with E-state index in [0.717, 1.165) is 23.7 Å². The molecule has 2 fully saturated rings. The number of aromatic nitrogens is 1. The van der Waals surface area contributed by atoms with Gasteiger partial charge in [-0.15, -0.1) is 0 Å². The summed E-state index contributed by atoms with van der Waals surface area (Å²) >= 11 is 3.33.